The largest absolute Gasteiger partial charge is 0.490 e. The fourth-order valence-corrected chi connectivity index (χ4v) is 6.21. The second-order valence-corrected chi connectivity index (χ2v) is 11.8. The lowest BCUT2D eigenvalue weighted by Gasteiger charge is -2.28. The number of nitriles is 1. The Morgan fingerprint density at radius 3 is 2.61 bits per heavy atom. The van der Waals surface area contributed by atoms with Gasteiger partial charge in [-0.1, -0.05) is 18.2 Å². The summed E-state index contributed by atoms with van der Waals surface area (Å²) in [4.78, 5) is 24.6. The number of benzene rings is 3. The van der Waals surface area contributed by atoms with Crippen LogP contribution in [0.1, 0.15) is 42.1 Å². The van der Waals surface area contributed by atoms with Crippen molar-refractivity contribution in [2.75, 3.05) is 20.3 Å². The van der Waals surface area contributed by atoms with Crippen molar-refractivity contribution in [1.82, 2.24) is 16.1 Å². The van der Waals surface area contributed by atoms with Gasteiger partial charge in [-0.3, -0.25) is 5.43 Å². The first kappa shape index (κ1) is 34.5. The van der Waals surface area contributed by atoms with E-state index in [1.165, 1.54) is 7.11 Å². The maximum absolute atomic E-state index is 12.5. The highest BCUT2D eigenvalue weighted by molar-refractivity contribution is 14.1. The molecule has 14 heteroatoms. The predicted molar refractivity (Wildman–Crippen MR) is 181 cm³/mol. The van der Waals surface area contributed by atoms with Crippen LogP contribution >= 0.6 is 38.5 Å². The fraction of sp³-hybridized carbons (Fsp3) is 0.250. The van der Waals surface area contributed by atoms with E-state index in [0.29, 0.717) is 47.3 Å². The molecule has 0 unspecified atom stereocenters. The Hall–Kier alpha value is -4.33. The number of ether oxygens (including phenoxy) is 4. The van der Waals surface area contributed by atoms with E-state index in [-0.39, 0.29) is 12.2 Å². The fourth-order valence-electron chi connectivity index (χ4n) is 4.44. The van der Waals surface area contributed by atoms with Crippen molar-refractivity contribution in [2.24, 2.45) is 5.10 Å². The zero-order chi connectivity index (χ0) is 33.2. The van der Waals surface area contributed by atoms with Crippen molar-refractivity contribution in [3.8, 4) is 23.3 Å². The number of urea groups is 1. The number of esters is 1. The van der Waals surface area contributed by atoms with Crippen LogP contribution in [0.25, 0.3) is 0 Å². The van der Waals surface area contributed by atoms with Gasteiger partial charge < -0.3 is 34.7 Å². The van der Waals surface area contributed by atoms with E-state index in [1.807, 2.05) is 31.2 Å². The first-order chi connectivity index (χ1) is 22.1. The van der Waals surface area contributed by atoms with Crippen LogP contribution in [0.2, 0.25) is 0 Å². The highest BCUT2D eigenvalue weighted by Crippen LogP contribution is 2.35. The van der Waals surface area contributed by atoms with E-state index < -0.39 is 24.3 Å². The SMILES string of the molecule is CCOc1cc([C@H]2NC(=O)NC(C)=C2C(=O)OC)ccc1OC[C@@H](O)N/N=C/c1cc(Br)c(OCc2ccc(C#N)cc2)c(I)c1. The summed E-state index contributed by atoms with van der Waals surface area (Å²) in [6, 6.07) is 16.8. The smallest absolute Gasteiger partial charge is 0.337 e. The molecular formula is C32H31BrIN5O7. The van der Waals surface area contributed by atoms with Gasteiger partial charge in [0, 0.05) is 5.70 Å². The monoisotopic (exact) mass is 803 g/mol. The number of methoxy groups -OCH3 is 1. The lowest BCUT2D eigenvalue weighted by molar-refractivity contribution is -0.136. The number of carbonyl (C=O) groups is 2. The van der Waals surface area contributed by atoms with Gasteiger partial charge in [0.05, 0.1) is 51.2 Å². The van der Waals surface area contributed by atoms with Crippen LogP contribution < -0.4 is 30.3 Å². The quantitative estimate of drug-likeness (QED) is 0.0611. The molecule has 0 saturated carbocycles. The Kier molecular flexibility index (Phi) is 12.2. The zero-order valence-corrected chi connectivity index (χ0v) is 28.8. The number of nitrogens with one attached hydrogen (secondary N) is 3. The molecule has 0 bridgehead atoms. The topological polar surface area (TPSA) is 164 Å². The Labute approximate surface area is 288 Å². The number of aliphatic hydroxyl groups is 1. The predicted octanol–water partition coefficient (Wildman–Crippen LogP) is 5.02. The van der Waals surface area contributed by atoms with Crippen LogP contribution in [0.3, 0.4) is 0 Å². The molecule has 4 rings (SSSR count). The molecule has 3 aromatic rings. The molecule has 1 aliphatic rings. The van der Waals surface area contributed by atoms with Crippen LogP contribution in [0.4, 0.5) is 4.79 Å². The van der Waals surface area contributed by atoms with Gasteiger partial charge in [-0.15, -0.1) is 0 Å². The molecule has 3 aromatic carbocycles. The van der Waals surface area contributed by atoms with Crippen molar-refractivity contribution in [2.45, 2.75) is 32.7 Å². The summed E-state index contributed by atoms with van der Waals surface area (Å²) in [5.74, 6) is 0.821. The van der Waals surface area contributed by atoms with Crippen LogP contribution in [0.5, 0.6) is 17.2 Å². The lowest BCUT2D eigenvalue weighted by atomic mass is 9.95. The number of hydrogen-bond donors (Lipinski definition) is 4. The molecule has 1 aliphatic heterocycles. The van der Waals surface area contributed by atoms with Crippen molar-refractivity contribution >= 4 is 56.7 Å². The third-order valence-corrected chi connectivity index (χ3v) is 7.99. The molecule has 4 N–H and O–H groups in total. The molecule has 46 heavy (non-hydrogen) atoms. The molecule has 2 atom stereocenters. The van der Waals surface area contributed by atoms with Crippen LogP contribution in [0.15, 0.2) is 75.4 Å². The Bertz CT molecular complexity index is 1670. The van der Waals surface area contributed by atoms with Crippen molar-refractivity contribution in [3.63, 3.8) is 0 Å². The molecule has 2 amide bonds. The number of rotatable bonds is 13. The first-order valence-corrected chi connectivity index (χ1v) is 15.8. The summed E-state index contributed by atoms with van der Waals surface area (Å²) < 4.78 is 24.1. The minimum Gasteiger partial charge on any atom is -0.490 e. The summed E-state index contributed by atoms with van der Waals surface area (Å²) in [5, 5.41) is 28.9. The van der Waals surface area contributed by atoms with E-state index in [1.54, 1.807) is 43.5 Å². The van der Waals surface area contributed by atoms with Crippen molar-refractivity contribution in [1.29, 1.82) is 5.26 Å². The van der Waals surface area contributed by atoms with Gasteiger partial charge in [0.1, 0.15) is 19.0 Å². The Balaban J connectivity index is 1.36. The second kappa shape index (κ2) is 16.3. The Morgan fingerprint density at radius 2 is 1.93 bits per heavy atom. The molecule has 0 aromatic heterocycles. The third kappa shape index (κ3) is 8.89. The third-order valence-electron chi connectivity index (χ3n) is 6.60. The van der Waals surface area contributed by atoms with E-state index in [0.717, 1.165) is 19.2 Å². The Morgan fingerprint density at radius 1 is 1.17 bits per heavy atom. The molecule has 240 valence electrons. The molecule has 12 nitrogen and oxygen atoms in total. The number of hydrazone groups is 1. The van der Waals surface area contributed by atoms with Gasteiger partial charge in [0.15, 0.2) is 17.7 Å². The van der Waals surface area contributed by atoms with Crippen molar-refractivity contribution in [3.05, 3.63) is 96.2 Å². The van der Waals surface area contributed by atoms with E-state index in [9.17, 15) is 14.7 Å². The van der Waals surface area contributed by atoms with Gasteiger partial charge >= 0.3 is 12.0 Å². The van der Waals surface area contributed by atoms with Crippen LogP contribution in [-0.2, 0) is 16.1 Å². The van der Waals surface area contributed by atoms with Gasteiger partial charge in [-0.05, 0) is 105 Å². The summed E-state index contributed by atoms with van der Waals surface area (Å²) in [6.45, 7) is 3.95. The van der Waals surface area contributed by atoms with E-state index in [2.05, 4.69) is 65.8 Å². The molecule has 0 aliphatic carbocycles. The number of hydrogen-bond acceptors (Lipinski definition) is 10. The van der Waals surface area contributed by atoms with Crippen molar-refractivity contribution < 1.29 is 33.6 Å². The number of carbonyl (C=O) groups excluding carboxylic acids is 2. The minimum absolute atomic E-state index is 0.156. The lowest BCUT2D eigenvalue weighted by Crippen LogP contribution is -2.45. The minimum atomic E-state index is -1.15. The molecular weight excluding hydrogens is 773 g/mol. The zero-order valence-electron chi connectivity index (χ0n) is 25.1. The molecule has 1 heterocycles. The maximum atomic E-state index is 12.5. The van der Waals surface area contributed by atoms with Gasteiger partial charge in [0.25, 0.3) is 0 Å². The summed E-state index contributed by atoms with van der Waals surface area (Å²) >= 11 is 5.72. The van der Waals surface area contributed by atoms with Gasteiger partial charge in [-0.25, -0.2) is 9.59 Å². The first-order valence-electron chi connectivity index (χ1n) is 14.0. The van der Waals surface area contributed by atoms with Crippen LogP contribution in [0, 0.1) is 14.9 Å². The average molecular weight is 804 g/mol. The van der Waals surface area contributed by atoms with Crippen LogP contribution in [-0.4, -0.2) is 49.9 Å². The number of allylic oxidation sites excluding steroid dienone is 1. The number of halogens is 2. The second-order valence-electron chi connectivity index (χ2n) is 9.83. The number of nitrogens with zero attached hydrogens (tertiary/aromatic N) is 2. The highest BCUT2D eigenvalue weighted by atomic mass is 127. The van der Waals surface area contributed by atoms with E-state index >= 15 is 0 Å². The molecule has 0 radical (unpaired) electrons. The van der Waals surface area contributed by atoms with Gasteiger partial charge in [0.2, 0.25) is 0 Å². The summed E-state index contributed by atoms with van der Waals surface area (Å²) in [7, 11) is 1.27. The molecule has 0 spiro atoms. The van der Waals surface area contributed by atoms with Gasteiger partial charge in [-0.2, -0.15) is 10.4 Å². The normalized spacial score (nSPS) is 15.0. The summed E-state index contributed by atoms with van der Waals surface area (Å²) in [6.07, 6.45) is 0.408. The summed E-state index contributed by atoms with van der Waals surface area (Å²) in [5.41, 5.74) is 6.16. The maximum Gasteiger partial charge on any atom is 0.337 e. The standard InChI is InChI=1S/C32H31BrIN5O7/c1-4-44-26-13-22(29-28(31(41)43-3)18(2)37-32(42)38-29)9-10-25(26)45-17-27(40)39-36-15-21-11-23(33)30(24(34)12-21)46-16-20-7-5-19(14-35)6-8-20/h5-13,15,27,29,39-40H,4,16-17H2,1-3H3,(H2,37,38,42)/b36-15+/t27-,29-/m1/s1. The number of amides is 2. The van der Waals surface area contributed by atoms with E-state index in [4.69, 9.17) is 24.2 Å². The highest BCUT2D eigenvalue weighted by Gasteiger charge is 2.32. The average Bonchev–Trinajstić information content (AvgIpc) is 3.03. The molecule has 0 fully saturated rings. The number of aliphatic hydroxyl groups excluding tert-OH is 1. The molecule has 0 saturated heterocycles.